The molecule has 1 heterocycles. The predicted octanol–water partition coefficient (Wildman–Crippen LogP) is 4.59. The van der Waals surface area contributed by atoms with Crippen LogP contribution in [0.25, 0.3) is 6.08 Å². The molecule has 1 aliphatic heterocycles. The van der Waals surface area contributed by atoms with Crippen molar-refractivity contribution in [2.24, 2.45) is 5.92 Å². The van der Waals surface area contributed by atoms with Crippen molar-refractivity contribution in [2.75, 3.05) is 19.7 Å². The van der Waals surface area contributed by atoms with Crippen LogP contribution in [-0.4, -0.2) is 36.3 Å². The van der Waals surface area contributed by atoms with E-state index in [0.717, 1.165) is 12.1 Å². The molecule has 1 amide bonds. The van der Waals surface area contributed by atoms with Crippen LogP contribution in [0.5, 0.6) is 5.75 Å². The van der Waals surface area contributed by atoms with Crippen LogP contribution in [0.3, 0.4) is 0 Å². The van der Waals surface area contributed by atoms with Crippen molar-refractivity contribution in [3.05, 3.63) is 35.9 Å². The lowest BCUT2D eigenvalue weighted by molar-refractivity contribution is -0.137. The number of amides is 1. The molecule has 1 aromatic carbocycles. The molecule has 138 valence electrons. The van der Waals surface area contributed by atoms with Gasteiger partial charge < -0.3 is 14.4 Å². The summed E-state index contributed by atoms with van der Waals surface area (Å²) in [5, 5.41) is 0. The molecule has 0 spiro atoms. The number of alkyl halides is 3. The van der Waals surface area contributed by atoms with Gasteiger partial charge in [-0.15, -0.1) is 0 Å². The minimum absolute atomic E-state index is 0.0553. The molecule has 1 aliphatic rings. The standard InChI is InChI=1S/C18H22F3NO3/c1-5-13-6-7-14(18(19,20)21)8-15(13)24-11-12-9-22(10-12)16(23)25-17(2,3)4/h5-8,12H,1,9-11H2,2-4H3. The van der Waals surface area contributed by atoms with E-state index in [-0.39, 0.29) is 18.3 Å². The molecule has 0 N–H and O–H groups in total. The molecular weight excluding hydrogens is 335 g/mol. The van der Waals surface area contributed by atoms with Gasteiger partial charge in [0.15, 0.2) is 0 Å². The highest BCUT2D eigenvalue weighted by Gasteiger charge is 2.35. The van der Waals surface area contributed by atoms with Crippen molar-refractivity contribution >= 4 is 12.2 Å². The smallest absolute Gasteiger partial charge is 0.416 e. The molecule has 0 bridgehead atoms. The highest BCUT2D eigenvalue weighted by Crippen LogP contribution is 2.34. The molecular formula is C18H22F3NO3. The number of ether oxygens (including phenoxy) is 2. The van der Waals surface area contributed by atoms with E-state index in [1.54, 1.807) is 25.7 Å². The Hall–Kier alpha value is -2.18. The van der Waals surface area contributed by atoms with Gasteiger partial charge in [0.25, 0.3) is 0 Å². The van der Waals surface area contributed by atoms with E-state index >= 15 is 0 Å². The number of benzene rings is 1. The lowest BCUT2D eigenvalue weighted by Gasteiger charge is -2.39. The number of carbonyl (C=O) groups is 1. The number of likely N-dealkylation sites (tertiary alicyclic amines) is 1. The third kappa shape index (κ3) is 5.14. The summed E-state index contributed by atoms with van der Waals surface area (Å²) in [6.45, 7) is 10.1. The Morgan fingerprint density at radius 1 is 1.32 bits per heavy atom. The molecule has 0 atom stereocenters. The Morgan fingerprint density at radius 3 is 2.48 bits per heavy atom. The quantitative estimate of drug-likeness (QED) is 0.791. The van der Waals surface area contributed by atoms with E-state index in [4.69, 9.17) is 9.47 Å². The topological polar surface area (TPSA) is 38.8 Å². The van der Waals surface area contributed by atoms with Crippen molar-refractivity contribution in [1.29, 1.82) is 0 Å². The Kier molecular flexibility index (Phi) is 5.34. The summed E-state index contributed by atoms with van der Waals surface area (Å²) in [5.41, 5.74) is -0.830. The van der Waals surface area contributed by atoms with Crippen molar-refractivity contribution in [3.63, 3.8) is 0 Å². The summed E-state index contributed by atoms with van der Waals surface area (Å²) in [6.07, 6.45) is -3.37. The second-order valence-corrected chi connectivity index (χ2v) is 7.02. The summed E-state index contributed by atoms with van der Waals surface area (Å²) in [4.78, 5) is 13.4. The fourth-order valence-electron chi connectivity index (χ4n) is 2.36. The maximum Gasteiger partial charge on any atom is 0.416 e. The normalized spacial score (nSPS) is 15.5. The Balaban J connectivity index is 1.91. The fourth-order valence-corrected chi connectivity index (χ4v) is 2.36. The van der Waals surface area contributed by atoms with Gasteiger partial charge in [-0.2, -0.15) is 13.2 Å². The van der Waals surface area contributed by atoms with E-state index in [1.165, 1.54) is 12.1 Å². The number of rotatable bonds is 4. The Morgan fingerprint density at radius 2 is 1.96 bits per heavy atom. The van der Waals surface area contributed by atoms with E-state index in [2.05, 4.69) is 6.58 Å². The third-order valence-electron chi connectivity index (χ3n) is 3.64. The number of carbonyl (C=O) groups excluding carboxylic acids is 1. The highest BCUT2D eigenvalue weighted by atomic mass is 19.4. The van der Waals surface area contributed by atoms with E-state index < -0.39 is 23.4 Å². The summed E-state index contributed by atoms with van der Waals surface area (Å²) in [5.74, 6) is 0.195. The minimum Gasteiger partial charge on any atom is -0.493 e. The van der Waals surface area contributed by atoms with Crippen LogP contribution >= 0.6 is 0 Å². The molecule has 0 aliphatic carbocycles. The monoisotopic (exact) mass is 357 g/mol. The molecule has 2 rings (SSSR count). The largest absolute Gasteiger partial charge is 0.493 e. The van der Waals surface area contributed by atoms with Crippen LogP contribution in [0.2, 0.25) is 0 Å². The first-order valence-electron chi connectivity index (χ1n) is 7.94. The molecule has 1 fully saturated rings. The maximum absolute atomic E-state index is 12.8. The van der Waals surface area contributed by atoms with Gasteiger partial charge in [-0.3, -0.25) is 0 Å². The predicted molar refractivity (Wildman–Crippen MR) is 88.3 cm³/mol. The average Bonchev–Trinajstić information content (AvgIpc) is 2.42. The third-order valence-corrected chi connectivity index (χ3v) is 3.64. The molecule has 0 aromatic heterocycles. The van der Waals surface area contributed by atoms with Crippen molar-refractivity contribution in [1.82, 2.24) is 4.90 Å². The van der Waals surface area contributed by atoms with Crippen molar-refractivity contribution in [3.8, 4) is 5.75 Å². The maximum atomic E-state index is 12.8. The fraction of sp³-hybridized carbons (Fsp3) is 0.500. The first kappa shape index (κ1) is 19.1. The zero-order valence-electron chi connectivity index (χ0n) is 14.5. The van der Waals surface area contributed by atoms with Gasteiger partial charge in [-0.05, 0) is 32.9 Å². The van der Waals surface area contributed by atoms with E-state index in [9.17, 15) is 18.0 Å². The van der Waals surface area contributed by atoms with Gasteiger partial charge >= 0.3 is 12.3 Å². The van der Waals surface area contributed by atoms with Crippen LogP contribution in [-0.2, 0) is 10.9 Å². The van der Waals surface area contributed by atoms with Gasteiger partial charge in [0.05, 0.1) is 12.2 Å². The Labute approximate surface area is 145 Å². The SMILES string of the molecule is C=Cc1ccc(C(F)(F)F)cc1OCC1CN(C(=O)OC(C)(C)C)C1. The van der Waals surface area contributed by atoms with E-state index in [1.807, 2.05) is 0 Å². The summed E-state index contributed by atoms with van der Waals surface area (Å²) < 4.78 is 49.2. The first-order valence-corrected chi connectivity index (χ1v) is 7.94. The van der Waals surface area contributed by atoms with Crippen LogP contribution in [0.1, 0.15) is 31.9 Å². The molecule has 1 saturated heterocycles. The van der Waals surface area contributed by atoms with Gasteiger partial charge in [-0.25, -0.2) is 4.79 Å². The zero-order valence-corrected chi connectivity index (χ0v) is 14.5. The molecule has 25 heavy (non-hydrogen) atoms. The van der Waals surface area contributed by atoms with Crippen LogP contribution in [0.4, 0.5) is 18.0 Å². The van der Waals surface area contributed by atoms with E-state index in [0.29, 0.717) is 18.7 Å². The van der Waals surface area contributed by atoms with Gasteiger partial charge in [0.2, 0.25) is 0 Å². The lowest BCUT2D eigenvalue weighted by Crippen LogP contribution is -2.53. The molecule has 4 nitrogen and oxygen atoms in total. The van der Waals surface area contributed by atoms with Gasteiger partial charge in [-0.1, -0.05) is 18.7 Å². The summed E-state index contributed by atoms with van der Waals surface area (Å²) in [7, 11) is 0. The van der Waals surface area contributed by atoms with Gasteiger partial charge in [0.1, 0.15) is 11.4 Å². The molecule has 7 heteroatoms. The van der Waals surface area contributed by atoms with Crippen LogP contribution in [0, 0.1) is 5.92 Å². The Bertz CT molecular complexity index is 644. The number of nitrogens with zero attached hydrogens (tertiary/aromatic N) is 1. The van der Waals surface area contributed by atoms with Gasteiger partial charge in [0, 0.05) is 24.6 Å². The summed E-state index contributed by atoms with van der Waals surface area (Å²) in [6, 6.07) is 3.30. The molecule has 0 radical (unpaired) electrons. The number of hydrogen-bond donors (Lipinski definition) is 0. The second kappa shape index (κ2) is 6.98. The lowest BCUT2D eigenvalue weighted by atomic mass is 10.0. The van der Waals surface area contributed by atoms with Crippen molar-refractivity contribution < 1.29 is 27.4 Å². The molecule has 1 aromatic rings. The first-order chi connectivity index (χ1) is 11.5. The second-order valence-electron chi connectivity index (χ2n) is 7.02. The number of halogens is 3. The average molecular weight is 357 g/mol. The zero-order chi connectivity index (χ0) is 18.8. The minimum atomic E-state index is -4.43. The molecule has 0 saturated carbocycles. The highest BCUT2D eigenvalue weighted by molar-refractivity contribution is 5.69. The number of hydrogen-bond acceptors (Lipinski definition) is 3. The van der Waals surface area contributed by atoms with Crippen LogP contribution in [0.15, 0.2) is 24.8 Å². The molecule has 0 unspecified atom stereocenters. The summed E-state index contributed by atoms with van der Waals surface area (Å²) >= 11 is 0. The van der Waals surface area contributed by atoms with Crippen molar-refractivity contribution in [2.45, 2.75) is 32.5 Å². The van der Waals surface area contributed by atoms with Crippen LogP contribution < -0.4 is 4.74 Å².